The Morgan fingerprint density at radius 3 is 2.68 bits per heavy atom. The first kappa shape index (κ1) is 11.9. The zero-order chi connectivity index (χ0) is 13.2. The number of hydrogen-bond acceptors (Lipinski definition) is 5. The van der Waals surface area contributed by atoms with Crippen LogP contribution >= 0.6 is 11.8 Å². The van der Waals surface area contributed by atoms with Crippen molar-refractivity contribution in [1.82, 2.24) is 4.98 Å². The third-order valence-corrected chi connectivity index (χ3v) is 3.46. The molecule has 3 rings (SSSR count). The summed E-state index contributed by atoms with van der Waals surface area (Å²) in [6, 6.07) is 13.3. The molecule has 0 spiro atoms. The van der Waals surface area contributed by atoms with Gasteiger partial charge in [0.15, 0.2) is 5.58 Å². The van der Waals surface area contributed by atoms with E-state index in [1.54, 1.807) is 30.0 Å². The number of fused-ring (bicyclic) bond motifs is 1. The summed E-state index contributed by atoms with van der Waals surface area (Å²) in [6.07, 6.45) is 2.04. The highest BCUT2D eigenvalue weighted by molar-refractivity contribution is 7.98. The van der Waals surface area contributed by atoms with Crippen molar-refractivity contribution in [3.63, 3.8) is 0 Å². The topological polar surface area (TPSA) is 58.3 Å². The number of oxazole rings is 1. The van der Waals surface area contributed by atoms with Gasteiger partial charge in [-0.15, -0.1) is 11.8 Å². The molecule has 0 saturated heterocycles. The summed E-state index contributed by atoms with van der Waals surface area (Å²) in [7, 11) is 0. The zero-order valence-corrected chi connectivity index (χ0v) is 11.1. The van der Waals surface area contributed by atoms with Gasteiger partial charge in [0.1, 0.15) is 11.3 Å². The van der Waals surface area contributed by atoms with Crippen LogP contribution in [0.2, 0.25) is 0 Å². The number of benzene rings is 2. The van der Waals surface area contributed by atoms with E-state index in [4.69, 9.17) is 4.42 Å². The molecule has 0 fully saturated rings. The molecule has 0 bridgehead atoms. The van der Waals surface area contributed by atoms with Crippen molar-refractivity contribution in [3.8, 4) is 5.75 Å². The number of phenolic OH excluding ortho intramolecular Hbond substituents is 1. The van der Waals surface area contributed by atoms with Gasteiger partial charge >= 0.3 is 0 Å². The molecule has 2 N–H and O–H groups in total. The number of anilines is 2. The molecule has 0 unspecified atom stereocenters. The van der Waals surface area contributed by atoms with Crippen LogP contribution in [0.4, 0.5) is 11.7 Å². The van der Waals surface area contributed by atoms with E-state index in [1.807, 2.05) is 30.5 Å². The second-order valence-corrected chi connectivity index (χ2v) is 4.90. The van der Waals surface area contributed by atoms with Gasteiger partial charge in [-0.1, -0.05) is 0 Å². The second kappa shape index (κ2) is 4.85. The summed E-state index contributed by atoms with van der Waals surface area (Å²) in [4.78, 5) is 5.47. The lowest BCUT2D eigenvalue weighted by molar-refractivity contribution is 0.476. The number of nitrogens with one attached hydrogen (secondary N) is 1. The number of nitrogens with zero attached hydrogens (tertiary/aromatic N) is 1. The van der Waals surface area contributed by atoms with Gasteiger partial charge in [0.25, 0.3) is 6.01 Å². The van der Waals surface area contributed by atoms with Crippen LogP contribution in [0.5, 0.6) is 5.75 Å². The molecule has 2 aromatic carbocycles. The molecule has 4 nitrogen and oxygen atoms in total. The van der Waals surface area contributed by atoms with E-state index in [9.17, 15) is 5.11 Å². The van der Waals surface area contributed by atoms with Crippen molar-refractivity contribution in [3.05, 3.63) is 42.5 Å². The molecular weight excluding hydrogens is 260 g/mol. The van der Waals surface area contributed by atoms with Crippen LogP contribution in [-0.4, -0.2) is 16.3 Å². The Hall–Kier alpha value is -2.14. The Bertz CT molecular complexity index is 707. The van der Waals surface area contributed by atoms with Gasteiger partial charge in [-0.25, -0.2) is 0 Å². The molecule has 0 aliphatic rings. The molecule has 5 heteroatoms. The lowest BCUT2D eigenvalue weighted by Gasteiger charge is -2.02. The number of aromatic hydroxyl groups is 1. The minimum atomic E-state index is 0.177. The molecular formula is C14H12N2O2S. The largest absolute Gasteiger partial charge is 0.508 e. The van der Waals surface area contributed by atoms with Crippen molar-refractivity contribution in [2.45, 2.75) is 4.90 Å². The Kier molecular flexibility index (Phi) is 3.05. The SMILES string of the molecule is CSc1ccc(Nc2nc3cc(O)ccc3o2)cc1. The number of phenols is 1. The molecule has 0 aliphatic heterocycles. The lowest BCUT2D eigenvalue weighted by atomic mass is 10.3. The maximum Gasteiger partial charge on any atom is 0.300 e. The van der Waals surface area contributed by atoms with Gasteiger partial charge in [-0.05, 0) is 42.7 Å². The molecule has 3 aromatic rings. The number of aromatic nitrogens is 1. The van der Waals surface area contributed by atoms with Gasteiger partial charge in [-0.2, -0.15) is 4.98 Å². The van der Waals surface area contributed by atoms with Gasteiger partial charge < -0.3 is 14.8 Å². The molecule has 0 amide bonds. The van der Waals surface area contributed by atoms with E-state index in [0.717, 1.165) is 5.69 Å². The van der Waals surface area contributed by atoms with Crippen LogP contribution in [0.3, 0.4) is 0 Å². The smallest absolute Gasteiger partial charge is 0.300 e. The summed E-state index contributed by atoms with van der Waals surface area (Å²) in [5, 5.41) is 12.5. The fraction of sp³-hybridized carbons (Fsp3) is 0.0714. The predicted octanol–water partition coefficient (Wildman–Crippen LogP) is 4.00. The van der Waals surface area contributed by atoms with Crippen LogP contribution in [0.15, 0.2) is 51.8 Å². The first-order valence-corrected chi connectivity index (χ1v) is 6.98. The summed E-state index contributed by atoms with van der Waals surface area (Å²) in [6.45, 7) is 0. The molecule has 1 heterocycles. The quantitative estimate of drug-likeness (QED) is 0.706. The van der Waals surface area contributed by atoms with Crippen molar-refractivity contribution in [1.29, 1.82) is 0 Å². The Morgan fingerprint density at radius 1 is 1.16 bits per heavy atom. The van der Waals surface area contributed by atoms with Crippen molar-refractivity contribution in [2.75, 3.05) is 11.6 Å². The lowest BCUT2D eigenvalue weighted by Crippen LogP contribution is -1.89. The molecule has 19 heavy (non-hydrogen) atoms. The number of thioether (sulfide) groups is 1. The van der Waals surface area contributed by atoms with Crippen LogP contribution in [0.1, 0.15) is 0 Å². The van der Waals surface area contributed by atoms with Crippen molar-refractivity contribution >= 4 is 34.6 Å². The van der Waals surface area contributed by atoms with E-state index >= 15 is 0 Å². The van der Waals surface area contributed by atoms with E-state index in [-0.39, 0.29) is 5.75 Å². The van der Waals surface area contributed by atoms with E-state index < -0.39 is 0 Å². The van der Waals surface area contributed by atoms with Gasteiger partial charge in [0, 0.05) is 16.6 Å². The molecule has 1 aromatic heterocycles. The second-order valence-electron chi connectivity index (χ2n) is 4.02. The fourth-order valence-corrected chi connectivity index (χ4v) is 2.18. The Labute approximate surface area is 114 Å². The highest BCUT2D eigenvalue weighted by atomic mass is 32.2. The Morgan fingerprint density at radius 2 is 1.95 bits per heavy atom. The van der Waals surface area contributed by atoms with Crippen LogP contribution < -0.4 is 5.32 Å². The van der Waals surface area contributed by atoms with Gasteiger partial charge in [0.05, 0.1) is 0 Å². The highest BCUT2D eigenvalue weighted by Crippen LogP contribution is 2.25. The summed E-state index contributed by atoms with van der Waals surface area (Å²) < 4.78 is 5.54. The Balaban J connectivity index is 1.87. The normalized spacial score (nSPS) is 10.8. The summed E-state index contributed by atoms with van der Waals surface area (Å²) in [5.41, 5.74) is 2.18. The molecule has 96 valence electrons. The molecule has 0 aliphatic carbocycles. The third kappa shape index (κ3) is 2.51. The van der Waals surface area contributed by atoms with E-state index in [1.165, 1.54) is 4.90 Å². The standard InChI is InChI=1S/C14H12N2O2S/c1-19-11-5-2-9(3-6-11)15-14-16-12-8-10(17)4-7-13(12)18-14/h2-8,17H,1H3,(H,15,16). The fourth-order valence-electron chi connectivity index (χ4n) is 1.77. The van der Waals surface area contributed by atoms with Crippen LogP contribution in [0, 0.1) is 0 Å². The monoisotopic (exact) mass is 272 g/mol. The van der Waals surface area contributed by atoms with Crippen LogP contribution in [0.25, 0.3) is 11.1 Å². The average Bonchev–Trinajstić information content (AvgIpc) is 2.81. The molecule has 0 atom stereocenters. The first-order chi connectivity index (χ1) is 9.24. The first-order valence-electron chi connectivity index (χ1n) is 5.75. The number of hydrogen-bond donors (Lipinski definition) is 2. The zero-order valence-electron chi connectivity index (χ0n) is 10.3. The van der Waals surface area contributed by atoms with Crippen molar-refractivity contribution in [2.24, 2.45) is 0 Å². The molecule has 0 saturated carbocycles. The minimum absolute atomic E-state index is 0.177. The molecule has 0 radical (unpaired) electrons. The number of rotatable bonds is 3. The third-order valence-electron chi connectivity index (χ3n) is 2.71. The summed E-state index contributed by atoms with van der Waals surface area (Å²) >= 11 is 1.69. The minimum Gasteiger partial charge on any atom is -0.508 e. The van der Waals surface area contributed by atoms with Crippen LogP contribution in [-0.2, 0) is 0 Å². The predicted molar refractivity (Wildman–Crippen MR) is 77.2 cm³/mol. The van der Waals surface area contributed by atoms with Crippen molar-refractivity contribution < 1.29 is 9.52 Å². The van der Waals surface area contributed by atoms with Gasteiger partial charge in [-0.3, -0.25) is 0 Å². The van der Waals surface area contributed by atoms with E-state index in [0.29, 0.717) is 17.1 Å². The van der Waals surface area contributed by atoms with Gasteiger partial charge in [0.2, 0.25) is 0 Å². The highest BCUT2D eigenvalue weighted by Gasteiger charge is 2.06. The van der Waals surface area contributed by atoms with E-state index in [2.05, 4.69) is 10.3 Å². The maximum atomic E-state index is 9.38. The maximum absolute atomic E-state index is 9.38. The summed E-state index contributed by atoms with van der Waals surface area (Å²) in [5.74, 6) is 0.177. The average molecular weight is 272 g/mol.